The molecule has 1 N–H and O–H groups in total. The first-order valence-corrected chi connectivity index (χ1v) is 7.10. The van der Waals surface area contributed by atoms with E-state index in [9.17, 15) is 4.79 Å². The van der Waals surface area contributed by atoms with Crippen molar-refractivity contribution in [2.75, 3.05) is 12.4 Å². The number of rotatable bonds is 4. The average molecular weight is 304 g/mol. The second-order valence-corrected chi connectivity index (χ2v) is 5.39. The summed E-state index contributed by atoms with van der Waals surface area (Å²) in [5.41, 5.74) is 3.50. The number of hydrogen-bond acceptors (Lipinski definition) is 3. The Labute approximate surface area is 129 Å². The van der Waals surface area contributed by atoms with Crippen LogP contribution in [0, 0.1) is 6.92 Å². The predicted molar refractivity (Wildman–Crippen MR) is 86.0 cm³/mol. The highest BCUT2D eigenvalue weighted by Gasteiger charge is 2.14. The number of hydrogen-bond donors (Lipinski definition) is 1. The van der Waals surface area contributed by atoms with Crippen molar-refractivity contribution < 1.29 is 9.53 Å². The van der Waals surface area contributed by atoms with Crippen molar-refractivity contribution in [1.29, 1.82) is 0 Å². The molecule has 0 aliphatic heterocycles. The molecule has 0 radical (unpaired) electrons. The van der Waals surface area contributed by atoms with Gasteiger partial charge in [0.15, 0.2) is 0 Å². The van der Waals surface area contributed by atoms with Gasteiger partial charge in [0.2, 0.25) is 0 Å². The van der Waals surface area contributed by atoms with Crippen LogP contribution < -0.4 is 5.32 Å². The maximum Gasteiger partial charge on any atom is 0.340 e. The number of halogens is 1. The third-order valence-corrected chi connectivity index (χ3v) is 3.57. The second kappa shape index (κ2) is 6.64. The average Bonchev–Trinajstić information content (AvgIpc) is 2.48. The van der Waals surface area contributed by atoms with Gasteiger partial charge in [-0.1, -0.05) is 41.4 Å². The molecule has 0 spiro atoms. The molecule has 1 atom stereocenters. The number of carbonyl (C=O) groups excluding carboxylic acids is 1. The lowest BCUT2D eigenvalue weighted by molar-refractivity contribution is 0.0602. The highest BCUT2D eigenvalue weighted by molar-refractivity contribution is 6.31. The lowest BCUT2D eigenvalue weighted by atomic mass is 10.1. The molecule has 0 saturated carbocycles. The molecule has 2 rings (SSSR count). The van der Waals surface area contributed by atoms with E-state index in [0.717, 1.165) is 5.56 Å². The van der Waals surface area contributed by atoms with Gasteiger partial charge in [-0.05, 0) is 37.6 Å². The Morgan fingerprint density at radius 1 is 1.19 bits per heavy atom. The minimum Gasteiger partial charge on any atom is -0.465 e. The molecule has 4 heteroatoms. The number of esters is 1. The SMILES string of the molecule is COC(=O)c1cc(Cl)ccc1NC(C)c1ccc(C)cc1. The molecule has 0 aromatic heterocycles. The zero-order valence-corrected chi connectivity index (χ0v) is 13.1. The fourth-order valence-electron chi connectivity index (χ4n) is 2.09. The van der Waals surface area contributed by atoms with Crippen LogP contribution in [0.4, 0.5) is 5.69 Å². The summed E-state index contributed by atoms with van der Waals surface area (Å²) in [6.45, 7) is 4.09. The van der Waals surface area contributed by atoms with Gasteiger partial charge >= 0.3 is 5.97 Å². The maximum atomic E-state index is 11.8. The molecule has 21 heavy (non-hydrogen) atoms. The van der Waals surface area contributed by atoms with E-state index in [1.54, 1.807) is 18.2 Å². The highest BCUT2D eigenvalue weighted by Crippen LogP contribution is 2.26. The van der Waals surface area contributed by atoms with Crippen LogP contribution in [0.1, 0.15) is 34.5 Å². The molecule has 0 saturated heterocycles. The largest absolute Gasteiger partial charge is 0.465 e. The van der Waals surface area contributed by atoms with Gasteiger partial charge < -0.3 is 10.1 Å². The first-order chi connectivity index (χ1) is 10.0. The summed E-state index contributed by atoms with van der Waals surface area (Å²) in [4.78, 5) is 11.8. The van der Waals surface area contributed by atoms with Gasteiger partial charge in [0.25, 0.3) is 0 Å². The van der Waals surface area contributed by atoms with E-state index in [-0.39, 0.29) is 6.04 Å². The summed E-state index contributed by atoms with van der Waals surface area (Å²) < 4.78 is 4.80. The van der Waals surface area contributed by atoms with Crippen molar-refractivity contribution >= 4 is 23.3 Å². The fourth-order valence-corrected chi connectivity index (χ4v) is 2.26. The van der Waals surface area contributed by atoms with E-state index >= 15 is 0 Å². The Balaban J connectivity index is 2.26. The maximum absolute atomic E-state index is 11.8. The van der Waals surface area contributed by atoms with Gasteiger partial charge in [0.05, 0.1) is 12.7 Å². The molecular formula is C17H18ClNO2. The van der Waals surface area contributed by atoms with E-state index in [4.69, 9.17) is 16.3 Å². The molecule has 1 unspecified atom stereocenters. The number of aryl methyl sites for hydroxylation is 1. The van der Waals surface area contributed by atoms with Crippen molar-refractivity contribution in [2.45, 2.75) is 19.9 Å². The smallest absolute Gasteiger partial charge is 0.340 e. The van der Waals surface area contributed by atoms with Crippen LogP contribution in [0.2, 0.25) is 5.02 Å². The molecule has 2 aromatic carbocycles. The fraction of sp³-hybridized carbons (Fsp3) is 0.235. The normalized spacial score (nSPS) is 11.8. The number of benzene rings is 2. The van der Waals surface area contributed by atoms with E-state index in [1.165, 1.54) is 12.7 Å². The molecule has 110 valence electrons. The van der Waals surface area contributed by atoms with Gasteiger partial charge in [-0.25, -0.2) is 4.79 Å². The van der Waals surface area contributed by atoms with Crippen LogP contribution in [0.3, 0.4) is 0 Å². The second-order valence-electron chi connectivity index (χ2n) is 4.96. The molecule has 0 amide bonds. The van der Waals surface area contributed by atoms with Crippen molar-refractivity contribution in [1.82, 2.24) is 0 Å². The van der Waals surface area contributed by atoms with E-state index in [2.05, 4.69) is 36.5 Å². The zero-order valence-electron chi connectivity index (χ0n) is 12.3. The number of methoxy groups -OCH3 is 1. The van der Waals surface area contributed by atoms with Crippen LogP contribution in [0.25, 0.3) is 0 Å². The third kappa shape index (κ3) is 3.76. The molecule has 0 bridgehead atoms. The minimum atomic E-state index is -0.406. The van der Waals surface area contributed by atoms with E-state index < -0.39 is 5.97 Å². The van der Waals surface area contributed by atoms with Crippen molar-refractivity contribution in [2.24, 2.45) is 0 Å². The lowest BCUT2D eigenvalue weighted by Gasteiger charge is -2.18. The number of carbonyl (C=O) groups is 1. The Morgan fingerprint density at radius 3 is 2.48 bits per heavy atom. The van der Waals surface area contributed by atoms with Crippen LogP contribution >= 0.6 is 11.6 Å². The van der Waals surface area contributed by atoms with Gasteiger partial charge in [-0.3, -0.25) is 0 Å². The van der Waals surface area contributed by atoms with Gasteiger partial charge in [0, 0.05) is 16.8 Å². The molecular weight excluding hydrogens is 286 g/mol. The summed E-state index contributed by atoms with van der Waals surface area (Å²) in [5.74, 6) is -0.406. The molecule has 0 fully saturated rings. The summed E-state index contributed by atoms with van der Waals surface area (Å²) in [7, 11) is 1.36. The zero-order chi connectivity index (χ0) is 15.4. The van der Waals surface area contributed by atoms with Gasteiger partial charge in [-0.2, -0.15) is 0 Å². The number of ether oxygens (including phenoxy) is 1. The predicted octanol–water partition coefficient (Wildman–Crippen LogP) is 4.61. The third-order valence-electron chi connectivity index (χ3n) is 3.34. The summed E-state index contributed by atoms with van der Waals surface area (Å²) in [6, 6.07) is 13.5. The summed E-state index contributed by atoms with van der Waals surface area (Å²) in [6.07, 6.45) is 0. The molecule has 0 heterocycles. The Hall–Kier alpha value is -2.00. The number of anilines is 1. The van der Waals surface area contributed by atoms with Crippen LogP contribution in [-0.2, 0) is 4.74 Å². The number of nitrogens with one attached hydrogen (secondary N) is 1. The monoisotopic (exact) mass is 303 g/mol. The highest BCUT2D eigenvalue weighted by atomic mass is 35.5. The first-order valence-electron chi connectivity index (χ1n) is 6.72. The Bertz CT molecular complexity index is 638. The van der Waals surface area contributed by atoms with Crippen molar-refractivity contribution in [3.63, 3.8) is 0 Å². The summed E-state index contributed by atoms with van der Waals surface area (Å²) in [5, 5.41) is 3.83. The van der Waals surface area contributed by atoms with Crippen LogP contribution in [-0.4, -0.2) is 13.1 Å². The molecule has 0 aliphatic rings. The first kappa shape index (κ1) is 15.4. The molecule has 2 aromatic rings. The van der Waals surface area contributed by atoms with Gasteiger partial charge in [0.1, 0.15) is 0 Å². The van der Waals surface area contributed by atoms with E-state index in [1.807, 2.05) is 6.92 Å². The van der Waals surface area contributed by atoms with Gasteiger partial charge in [-0.15, -0.1) is 0 Å². The van der Waals surface area contributed by atoms with E-state index in [0.29, 0.717) is 16.3 Å². The van der Waals surface area contributed by atoms with Crippen LogP contribution in [0.15, 0.2) is 42.5 Å². The minimum absolute atomic E-state index is 0.0650. The lowest BCUT2D eigenvalue weighted by Crippen LogP contribution is -2.11. The Kier molecular flexibility index (Phi) is 4.86. The standard InChI is InChI=1S/C17H18ClNO2/c1-11-4-6-13(7-5-11)12(2)19-16-9-8-14(18)10-15(16)17(20)21-3/h4-10,12,19H,1-3H3. The topological polar surface area (TPSA) is 38.3 Å². The molecule has 3 nitrogen and oxygen atoms in total. The molecule has 0 aliphatic carbocycles. The van der Waals surface area contributed by atoms with Crippen molar-refractivity contribution in [3.05, 3.63) is 64.2 Å². The Morgan fingerprint density at radius 2 is 1.86 bits per heavy atom. The van der Waals surface area contributed by atoms with Crippen LogP contribution in [0.5, 0.6) is 0 Å². The summed E-state index contributed by atoms with van der Waals surface area (Å²) >= 11 is 5.95. The quantitative estimate of drug-likeness (QED) is 0.838. The van der Waals surface area contributed by atoms with Crippen molar-refractivity contribution in [3.8, 4) is 0 Å².